The standard InChI is InChI=1S/C10H18O3/c1-6(2)7-4-5-10(3,13)9(12)8(7)11/h4,6,8-9,11-13H,5H2,1-3H3. The van der Waals surface area contributed by atoms with Gasteiger partial charge in [-0.1, -0.05) is 19.9 Å². The molecule has 76 valence electrons. The van der Waals surface area contributed by atoms with Crippen LogP contribution in [-0.4, -0.2) is 33.1 Å². The van der Waals surface area contributed by atoms with Crippen molar-refractivity contribution >= 4 is 0 Å². The van der Waals surface area contributed by atoms with Gasteiger partial charge < -0.3 is 15.3 Å². The SMILES string of the molecule is CC(C)C1=CCC(C)(O)C(O)C1O. The molecule has 3 N–H and O–H groups in total. The van der Waals surface area contributed by atoms with E-state index in [2.05, 4.69) is 0 Å². The van der Waals surface area contributed by atoms with Crippen LogP contribution in [0.25, 0.3) is 0 Å². The molecular weight excluding hydrogens is 168 g/mol. The molecule has 0 aliphatic heterocycles. The van der Waals surface area contributed by atoms with Crippen LogP contribution in [0, 0.1) is 5.92 Å². The van der Waals surface area contributed by atoms with Crippen LogP contribution in [-0.2, 0) is 0 Å². The zero-order valence-corrected chi connectivity index (χ0v) is 8.36. The first kappa shape index (κ1) is 10.7. The van der Waals surface area contributed by atoms with Crippen LogP contribution in [0.2, 0.25) is 0 Å². The van der Waals surface area contributed by atoms with Crippen LogP contribution in [0.5, 0.6) is 0 Å². The fourth-order valence-electron chi connectivity index (χ4n) is 1.67. The quantitative estimate of drug-likeness (QED) is 0.521. The molecule has 0 radical (unpaired) electrons. The summed E-state index contributed by atoms with van der Waals surface area (Å²) in [5.74, 6) is 0.209. The van der Waals surface area contributed by atoms with Crippen molar-refractivity contribution in [1.82, 2.24) is 0 Å². The van der Waals surface area contributed by atoms with Crippen molar-refractivity contribution in [2.75, 3.05) is 0 Å². The second-order valence-corrected chi connectivity index (χ2v) is 4.31. The minimum Gasteiger partial charge on any atom is -0.387 e. The molecule has 1 aliphatic carbocycles. The summed E-state index contributed by atoms with van der Waals surface area (Å²) < 4.78 is 0. The lowest BCUT2D eigenvalue weighted by atomic mass is 9.79. The summed E-state index contributed by atoms with van der Waals surface area (Å²) in [4.78, 5) is 0. The highest BCUT2D eigenvalue weighted by molar-refractivity contribution is 5.20. The number of rotatable bonds is 1. The molecule has 0 aromatic rings. The van der Waals surface area contributed by atoms with Gasteiger partial charge in [0.25, 0.3) is 0 Å². The van der Waals surface area contributed by atoms with E-state index in [-0.39, 0.29) is 5.92 Å². The fourth-order valence-corrected chi connectivity index (χ4v) is 1.67. The lowest BCUT2D eigenvalue weighted by Gasteiger charge is -2.37. The molecule has 0 aromatic heterocycles. The molecule has 3 unspecified atom stereocenters. The van der Waals surface area contributed by atoms with E-state index in [1.54, 1.807) is 0 Å². The first-order valence-electron chi connectivity index (χ1n) is 4.64. The van der Waals surface area contributed by atoms with Crippen molar-refractivity contribution < 1.29 is 15.3 Å². The highest BCUT2D eigenvalue weighted by atomic mass is 16.4. The molecule has 0 saturated carbocycles. The first-order valence-corrected chi connectivity index (χ1v) is 4.64. The van der Waals surface area contributed by atoms with Gasteiger partial charge in [0.15, 0.2) is 0 Å². The minimum atomic E-state index is -1.20. The Balaban J connectivity index is 2.89. The largest absolute Gasteiger partial charge is 0.387 e. The second kappa shape index (κ2) is 3.40. The zero-order chi connectivity index (χ0) is 10.2. The normalized spacial score (nSPS) is 40.7. The number of hydrogen-bond acceptors (Lipinski definition) is 3. The van der Waals surface area contributed by atoms with E-state index in [9.17, 15) is 15.3 Å². The van der Waals surface area contributed by atoms with Crippen LogP contribution < -0.4 is 0 Å². The Morgan fingerprint density at radius 3 is 2.46 bits per heavy atom. The summed E-state index contributed by atoms with van der Waals surface area (Å²) >= 11 is 0. The summed E-state index contributed by atoms with van der Waals surface area (Å²) in [5, 5.41) is 28.9. The summed E-state index contributed by atoms with van der Waals surface area (Å²) in [6.45, 7) is 5.46. The smallest absolute Gasteiger partial charge is 0.112 e. The van der Waals surface area contributed by atoms with Gasteiger partial charge in [0.2, 0.25) is 0 Å². The Hall–Kier alpha value is -0.380. The van der Waals surface area contributed by atoms with E-state index >= 15 is 0 Å². The molecule has 0 saturated heterocycles. The number of hydrogen-bond donors (Lipinski definition) is 3. The van der Waals surface area contributed by atoms with E-state index < -0.39 is 17.8 Å². The molecule has 0 heterocycles. The average Bonchev–Trinajstić information content (AvgIpc) is 2.00. The van der Waals surface area contributed by atoms with E-state index in [1.165, 1.54) is 6.92 Å². The van der Waals surface area contributed by atoms with Gasteiger partial charge >= 0.3 is 0 Å². The molecule has 1 rings (SSSR count). The van der Waals surface area contributed by atoms with Gasteiger partial charge in [-0.05, 0) is 24.8 Å². The Kier molecular flexibility index (Phi) is 2.80. The van der Waals surface area contributed by atoms with Crippen molar-refractivity contribution in [2.24, 2.45) is 5.92 Å². The summed E-state index contributed by atoms with van der Waals surface area (Å²) in [7, 11) is 0. The Morgan fingerprint density at radius 2 is 2.00 bits per heavy atom. The second-order valence-electron chi connectivity index (χ2n) is 4.31. The molecule has 3 heteroatoms. The van der Waals surface area contributed by atoms with Gasteiger partial charge in [-0.2, -0.15) is 0 Å². The Labute approximate surface area is 78.7 Å². The van der Waals surface area contributed by atoms with Crippen molar-refractivity contribution in [2.45, 2.75) is 45.0 Å². The predicted molar refractivity (Wildman–Crippen MR) is 50.2 cm³/mol. The molecular formula is C10H18O3. The minimum absolute atomic E-state index is 0.209. The number of aliphatic hydroxyl groups excluding tert-OH is 2. The highest BCUT2D eigenvalue weighted by Gasteiger charge is 2.40. The molecule has 0 fully saturated rings. The van der Waals surface area contributed by atoms with Crippen LogP contribution in [0.4, 0.5) is 0 Å². The van der Waals surface area contributed by atoms with E-state index in [0.717, 1.165) is 5.57 Å². The molecule has 13 heavy (non-hydrogen) atoms. The third kappa shape index (κ3) is 1.93. The van der Waals surface area contributed by atoms with E-state index in [0.29, 0.717) is 6.42 Å². The van der Waals surface area contributed by atoms with Gasteiger partial charge in [0.05, 0.1) is 5.60 Å². The van der Waals surface area contributed by atoms with Gasteiger partial charge in [-0.25, -0.2) is 0 Å². The molecule has 3 atom stereocenters. The summed E-state index contributed by atoms with van der Waals surface area (Å²) in [6.07, 6.45) is 0.222. The maximum Gasteiger partial charge on any atom is 0.112 e. The maximum absolute atomic E-state index is 9.67. The molecule has 3 nitrogen and oxygen atoms in total. The number of aliphatic hydroxyl groups is 3. The first-order chi connectivity index (χ1) is 5.86. The third-order valence-corrected chi connectivity index (χ3v) is 2.70. The topological polar surface area (TPSA) is 60.7 Å². The summed E-state index contributed by atoms with van der Waals surface area (Å²) in [5.41, 5.74) is -0.378. The average molecular weight is 186 g/mol. The van der Waals surface area contributed by atoms with Crippen molar-refractivity contribution in [3.05, 3.63) is 11.6 Å². The van der Waals surface area contributed by atoms with E-state index in [4.69, 9.17) is 0 Å². The fraction of sp³-hybridized carbons (Fsp3) is 0.800. The third-order valence-electron chi connectivity index (χ3n) is 2.70. The molecule has 1 aliphatic rings. The maximum atomic E-state index is 9.67. The molecule has 0 aromatic carbocycles. The van der Waals surface area contributed by atoms with Crippen LogP contribution in [0.1, 0.15) is 27.2 Å². The van der Waals surface area contributed by atoms with Gasteiger partial charge in [0, 0.05) is 0 Å². The van der Waals surface area contributed by atoms with Gasteiger partial charge in [-0.3, -0.25) is 0 Å². The van der Waals surface area contributed by atoms with Gasteiger partial charge in [-0.15, -0.1) is 0 Å². The van der Waals surface area contributed by atoms with Crippen LogP contribution in [0.3, 0.4) is 0 Å². The summed E-state index contributed by atoms with van der Waals surface area (Å²) in [6, 6.07) is 0. The zero-order valence-electron chi connectivity index (χ0n) is 8.36. The molecule has 0 bridgehead atoms. The van der Waals surface area contributed by atoms with Gasteiger partial charge in [0.1, 0.15) is 12.2 Å². The lowest BCUT2D eigenvalue weighted by Crippen LogP contribution is -2.50. The van der Waals surface area contributed by atoms with Crippen molar-refractivity contribution in [3.8, 4) is 0 Å². The highest BCUT2D eigenvalue weighted by Crippen LogP contribution is 2.31. The van der Waals surface area contributed by atoms with Crippen LogP contribution >= 0.6 is 0 Å². The lowest BCUT2D eigenvalue weighted by molar-refractivity contribution is -0.112. The van der Waals surface area contributed by atoms with Crippen LogP contribution in [0.15, 0.2) is 11.6 Å². The predicted octanol–water partition coefficient (Wildman–Crippen LogP) is 0.445. The molecule has 0 amide bonds. The Bertz CT molecular complexity index is 218. The molecule has 0 spiro atoms. The van der Waals surface area contributed by atoms with E-state index in [1.807, 2.05) is 19.9 Å². The monoisotopic (exact) mass is 186 g/mol. The Morgan fingerprint density at radius 1 is 1.46 bits per heavy atom. The van der Waals surface area contributed by atoms with Crippen molar-refractivity contribution in [3.63, 3.8) is 0 Å². The van der Waals surface area contributed by atoms with Crippen molar-refractivity contribution in [1.29, 1.82) is 0 Å².